The van der Waals surface area contributed by atoms with Crippen LogP contribution in [0.15, 0.2) is 72.8 Å². The quantitative estimate of drug-likeness (QED) is 0.417. The standard InChI is InChI=1S/C26H28N4/c1-18-12-6-7-13-20(18)26(3,4)30-19(2)29(23-16-10-11-17-24(23)30)25-27-21-14-8-9-15-22(21)28(25)5/h6-17,19H,1-5H3/t19-/m1/s1. The molecule has 3 aromatic carbocycles. The molecule has 0 amide bonds. The van der Waals surface area contributed by atoms with Crippen molar-refractivity contribution in [2.75, 3.05) is 9.80 Å². The number of anilines is 3. The van der Waals surface area contributed by atoms with E-state index in [0.717, 1.165) is 17.0 Å². The summed E-state index contributed by atoms with van der Waals surface area (Å²) in [6.07, 6.45) is 0.118. The first-order chi connectivity index (χ1) is 14.4. The summed E-state index contributed by atoms with van der Waals surface area (Å²) < 4.78 is 2.20. The third-order valence-corrected chi connectivity index (χ3v) is 6.53. The Morgan fingerprint density at radius 3 is 2.20 bits per heavy atom. The van der Waals surface area contributed by atoms with Crippen LogP contribution < -0.4 is 9.80 Å². The molecule has 0 N–H and O–H groups in total. The van der Waals surface area contributed by atoms with Crippen LogP contribution in [-0.2, 0) is 12.6 Å². The monoisotopic (exact) mass is 396 g/mol. The number of benzene rings is 3. The summed E-state index contributed by atoms with van der Waals surface area (Å²) in [5.41, 5.74) is 7.09. The first-order valence-electron chi connectivity index (χ1n) is 10.6. The topological polar surface area (TPSA) is 24.3 Å². The lowest BCUT2D eigenvalue weighted by Gasteiger charge is -2.43. The molecule has 0 aliphatic carbocycles. The molecule has 0 saturated carbocycles. The molecule has 5 rings (SSSR count). The van der Waals surface area contributed by atoms with Crippen molar-refractivity contribution in [2.45, 2.75) is 39.4 Å². The van der Waals surface area contributed by atoms with Gasteiger partial charge in [0.2, 0.25) is 5.95 Å². The normalized spacial score (nSPS) is 16.4. The Labute approximate surface area is 178 Å². The summed E-state index contributed by atoms with van der Waals surface area (Å²) in [7, 11) is 2.11. The zero-order chi connectivity index (χ0) is 21.0. The van der Waals surface area contributed by atoms with Crippen molar-refractivity contribution in [3.8, 4) is 0 Å². The molecule has 0 radical (unpaired) electrons. The third-order valence-electron chi connectivity index (χ3n) is 6.53. The number of aryl methyl sites for hydroxylation is 2. The van der Waals surface area contributed by atoms with E-state index in [2.05, 4.69) is 116 Å². The molecule has 1 atom stereocenters. The van der Waals surface area contributed by atoms with Gasteiger partial charge in [-0.15, -0.1) is 0 Å². The van der Waals surface area contributed by atoms with E-state index in [1.165, 1.54) is 22.5 Å². The second-order valence-corrected chi connectivity index (χ2v) is 8.69. The molecule has 0 unspecified atom stereocenters. The van der Waals surface area contributed by atoms with Gasteiger partial charge in [0.1, 0.15) is 6.17 Å². The number of fused-ring (bicyclic) bond motifs is 2. The molecular formula is C26H28N4. The molecule has 0 spiro atoms. The number of hydrogen-bond acceptors (Lipinski definition) is 3. The maximum Gasteiger partial charge on any atom is 0.212 e. The largest absolute Gasteiger partial charge is 0.340 e. The Bertz CT molecular complexity index is 1240. The van der Waals surface area contributed by atoms with Gasteiger partial charge in [0.15, 0.2) is 0 Å². The van der Waals surface area contributed by atoms with Gasteiger partial charge in [0.25, 0.3) is 0 Å². The number of aromatic nitrogens is 2. The van der Waals surface area contributed by atoms with Crippen LogP contribution in [0.1, 0.15) is 31.9 Å². The lowest BCUT2D eigenvalue weighted by molar-refractivity contribution is 0.444. The molecule has 1 aliphatic rings. The summed E-state index contributed by atoms with van der Waals surface area (Å²) in [4.78, 5) is 9.91. The predicted molar refractivity (Wildman–Crippen MR) is 125 cm³/mol. The van der Waals surface area contributed by atoms with E-state index in [4.69, 9.17) is 4.98 Å². The molecule has 2 heterocycles. The van der Waals surface area contributed by atoms with Crippen LogP contribution in [0.2, 0.25) is 0 Å². The zero-order valence-corrected chi connectivity index (χ0v) is 18.3. The number of nitrogens with zero attached hydrogens (tertiary/aromatic N) is 4. The first-order valence-corrected chi connectivity index (χ1v) is 10.6. The molecular weight excluding hydrogens is 368 g/mol. The molecule has 1 aliphatic heterocycles. The fourth-order valence-electron chi connectivity index (χ4n) is 5.17. The molecule has 4 nitrogen and oxygen atoms in total. The van der Waals surface area contributed by atoms with Crippen LogP contribution in [0.5, 0.6) is 0 Å². The smallest absolute Gasteiger partial charge is 0.212 e. The first kappa shape index (κ1) is 18.7. The van der Waals surface area contributed by atoms with Crippen molar-refractivity contribution in [3.05, 3.63) is 83.9 Å². The van der Waals surface area contributed by atoms with Gasteiger partial charge in [-0.05, 0) is 63.1 Å². The molecule has 4 aromatic rings. The van der Waals surface area contributed by atoms with Gasteiger partial charge in [0, 0.05) is 7.05 Å². The maximum absolute atomic E-state index is 5.01. The van der Waals surface area contributed by atoms with Crippen molar-refractivity contribution in [2.24, 2.45) is 7.05 Å². The highest BCUT2D eigenvalue weighted by Crippen LogP contribution is 2.49. The van der Waals surface area contributed by atoms with E-state index in [1.54, 1.807) is 0 Å². The summed E-state index contributed by atoms with van der Waals surface area (Å²) in [6, 6.07) is 25.7. The summed E-state index contributed by atoms with van der Waals surface area (Å²) in [6.45, 7) is 9.12. The van der Waals surface area contributed by atoms with Crippen molar-refractivity contribution in [3.63, 3.8) is 0 Å². The zero-order valence-electron chi connectivity index (χ0n) is 18.3. The van der Waals surface area contributed by atoms with Crippen LogP contribution in [-0.4, -0.2) is 15.7 Å². The Morgan fingerprint density at radius 2 is 1.47 bits per heavy atom. The third kappa shape index (κ3) is 2.56. The van der Waals surface area contributed by atoms with Crippen LogP contribution >= 0.6 is 0 Å². The highest BCUT2D eigenvalue weighted by molar-refractivity contribution is 5.86. The second-order valence-electron chi connectivity index (χ2n) is 8.69. The average molecular weight is 397 g/mol. The Balaban J connectivity index is 1.69. The fourth-order valence-corrected chi connectivity index (χ4v) is 5.17. The Kier molecular flexibility index (Phi) is 4.14. The number of para-hydroxylation sites is 4. The highest BCUT2D eigenvalue weighted by atomic mass is 15.5. The van der Waals surface area contributed by atoms with Gasteiger partial charge in [-0.3, -0.25) is 4.90 Å². The van der Waals surface area contributed by atoms with E-state index >= 15 is 0 Å². The van der Waals surface area contributed by atoms with Crippen LogP contribution in [0.3, 0.4) is 0 Å². The second kappa shape index (κ2) is 6.63. The minimum atomic E-state index is -0.180. The van der Waals surface area contributed by atoms with E-state index in [0.29, 0.717) is 0 Å². The molecule has 0 bridgehead atoms. The van der Waals surface area contributed by atoms with Crippen molar-refractivity contribution in [1.29, 1.82) is 0 Å². The molecule has 0 fully saturated rings. The summed E-state index contributed by atoms with van der Waals surface area (Å²) in [5, 5.41) is 0. The average Bonchev–Trinajstić information content (AvgIpc) is 3.22. The lowest BCUT2D eigenvalue weighted by Crippen LogP contribution is -2.49. The maximum atomic E-state index is 5.01. The van der Waals surface area contributed by atoms with Crippen LogP contribution in [0.25, 0.3) is 11.0 Å². The Hall–Kier alpha value is -3.27. The van der Waals surface area contributed by atoms with Crippen molar-refractivity contribution >= 4 is 28.4 Å². The highest BCUT2D eigenvalue weighted by Gasteiger charge is 2.43. The van der Waals surface area contributed by atoms with E-state index < -0.39 is 0 Å². The molecule has 0 saturated heterocycles. The van der Waals surface area contributed by atoms with Crippen molar-refractivity contribution < 1.29 is 0 Å². The van der Waals surface area contributed by atoms with Gasteiger partial charge in [-0.25, -0.2) is 4.98 Å². The van der Waals surface area contributed by atoms with E-state index in [1.807, 2.05) is 6.07 Å². The van der Waals surface area contributed by atoms with Gasteiger partial charge in [-0.2, -0.15) is 0 Å². The van der Waals surface area contributed by atoms with Crippen molar-refractivity contribution in [1.82, 2.24) is 9.55 Å². The minimum Gasteiger partial charge on any atom is -0.340 e. The van der Waals surface area contributed by atoms with Crippen LogP contribution in [0.4, 0.5) is 17.3 Å². The number of imidazole rings is 1. The minimum absolute atomic E-state index is 0.118. The molecule has 30 heavy (non-hydrogen) atoms. The Morgan fingerprint density at radius 1 is 0.833 bits per heavy atom. The van der Waals surface area contributed by atoms with Gasteiger partial charge < -0.3 is 9.47 Å². The van der Waals surface area contributed by atoms with Gasteiger partial charge >= 0.3 is 0 Å². The number of rotatable bonds is 3. The summed E-state index contributed by atoms with van der Waals surface area (Å²) >= 11 is 0. The van der Waals surface area contributed by atoms with Gasteiger partial charge in [-0.1, -0.05) is 48.5 Å². The predicted octanol–water partition coefficient (Wildman–Crippen LogP) is 6.12. The number of hydrogen-bond donors (Lipinski definition) is 0. The summed E-state index contributed by atoms with van der Waals surface area (Å²) in [5.74, 6) is 0.972. The molecule has 1 aromatic heterocycles. The molecule has 4 heteroatoms. The molecule has 152 valence electrons. The van der Waals surface area contributed by atoms with E-state index in [9.17, 15) is 0 Å². The van der Waals surface area contributed by atoms with Crippen LogP contribution in [0, 0.1) is 6.92 Å². The van der Waals surface area contributed by atoms with E-state index in [-0.39, 0.29) is 11.7 Å². The van der Waals surface area contributed by atoms with Gasteiger partial charge in [0.05, 0.1) is 27.9 Å². The lowest BCUT2D eigenvalue weighted by atomic mass is 9.88. The SMILES string of the molecule is Cc1ccccc1C(C)(C)N1c2ccccc2N(c2nc3ccccc3n2C)[C@H]1C. The fraction of sp³-hybridized carbons (Fsp3) is 0.269.